The zero-order valence-corrected chi connectivity index (χ0v) is 17.7. The number of imidazole rings is 1. The topological polar surface area (TPSA) is 134 Å². The highest BCUT2D eigenvalue weighted by atomic mass is 32.2. The van der Waals surface area contributed by atoms with Crippen molar-refractivity contribution in [2.45, 2.75) is 24.7 Å². The molecule has 160 valence electrons. The van der Waals surface area contributed by atoms with E-state index in [9.17, 15) is 19.5 Å². The second-order valence-electron chi connectivity index (χ2n) is 6.87. The molecule has 11 heteroatoms. The summed E-state index contributed by atoms with van der Waals surface area (Å²) in [6, 6.07) is 7.42. The number of para-hydroxylation sites is 1. The molecule has 0 aliphatic heterocycles. The number of fused-ring (bicyclic) bond motifs is 1. The monoisotopic (exact) mass is 433 g/mol. The summed E-state index contributed by atoms with van der Waals surface area (Å²) in [5.41, 5.74) is 5.42. The normalized spacial score (nSPS) is 12.3. The van der Waals surface area contributed by atoms with Gasteiger partial charge in [0.1, 0.15) is 18.5 Å². The predicted molar refractivity (Wildman–Crippen MR) is 113 cm³/mol. The van der Waals surface area contributed by atoms with Crippen LogP contribution in [0.2, 0.25) is 0 Å². The molecule has 0 aliphatic carbocycles. The first kappa shape index (κ1) is 21.7. The van der Waals surface area contributed by atoms with Crippen LogP contribution in [0.15, 0.2) is 39.0 Å². The molecule has 2 aromatic heterocycles. The summed E-state index contributed by atoms with van der Waals surface area (Å²) in [6.07, 6.45) is -0.975. The molecule has 0 bridgehead atoms. The Bertz CT molecular complexity index is 1210. The maximum Gasteiger partial charge on any atom is 0.332 e. The molecule has 0 radical (unpaired) electrons. The molecule has 3 aromatic rings. The fourth-order valence-corrected chi connectivity index (χ4v) is 3.75. The number of thioether (sulfide) groups is 1. The molecule has 0 spiro atoms. The van der Waals surface area contributed by atoms with Crippen molar-refractivity contribution >= 4 is 28.8 Å². The molecule has 30 heavy (non-hydrogen) atoms. The number of aliphatic hydroxyl groups is 1. The molecule has 0 saturated heterocycles. The number of aryl methyl sites for hydroxylation is 2. The van der Waals surface area contributed by atoms with Gasteiger partial charge in [0.2, 0.25) is 5.91 Å². The fourth-order valence-electron chi connectivity index (χ4n) is 3.01. The number of carbonyl (C=O) groups is 1. The number of carbonyl (C=O) groups excluding carboxylic acids is 1. The Kier molecular flexibility index (Phi) is 6.32. The first-order valence-electron chi connectivity index (χ1n) is 9.14. The van der Waals surface area contributed by atoms with Gasteiger partial charge in [0.15, 0.2) is 16.3 Å². The summed E-state index contributed by atoms with van der Waals surface area (Å²) >= 11 is 1.03. The van der Waals surface area contributed by atoms with Crippen molar-refractivity contribution in [3.05, 3.63) is 50.7 Å². The van der Waals surface area contributed by atoms with Crippen LogP contribution in [0.25, 0.3) is 11.2 Å². The van der Waals surface area contributed by atoms with Gasteiger partial charge in [-0.2, -0.15) is 0 Å². The van der Waals surface area contributed by atoms with Crippen LogP contribution < -0.4 is 21.7 Å². The van der Waals surface area contributed by atoms with Crippen LogP contribution in [0.4, 0.5) is 0 Å². The molecular weight excluding hydrogens is 410 g/mol. The summed E-state index contributed by atoms with van der Waals surface area (Å²) in [4.78, 5) is 40.6. The number of aliphatic hydroxyl groups excluding tert-OH is 1. The van der Waals surface area contributed by atoms with E-state index >= 15 is 0 Å². The van der Waals surface area contributed by atoms with E-state index in [1.807, 2.05) is 25.1 Å². The largest absolute Gasteiger partial charge is 0.491 e. The van der Waals surface area contributed by atoms with Gasteiger partial charge in [-0.3, -0.25) is 18.7 Å². The lowest BCUT2D eigenvalue weighted by atomic mass is 10.2. The van der Waals surface area contributed by atoms with E-state index in [0.29, 0.717) is 10.9 Å². The molecule has 1 amide bonds. The number of rotatable bonds is 8. The van der Waals surface area contributed by atoms with Gasteiger partial charge >= 0.3 is 5.69 Å². The molecule has 0 unspecified atom stereocenters. The molecule has 0 aliphatic rings. The molecule has 0 saturated carbocycles. The third kappa shape index (κ3) is 4.26. The SMILES string of the molecule is Cc1ccccc1OC[C@@H](O)Cn1c(SCC(N)=O)nc2c1c(=O)n(C)c(=O)n2C. The lowest BCUT2D eigenvalue weighted by Crippen LogP contribution is -2.38. The molecule has 10 nitrogen and oxygen atoms in total. The second-order valence-corrected chi connectivity index (χ2v) is 7.81. The number of nitrogens with two attached hydrogens (primary N) is 1. The molecule has 0 fully saturated rings. The van der Waals surface area contributed by atoms with Crippen LogP contribution in [0.3, 0.4) is 0 Å². The van der Waals surface area contributed by atoms with Crippen LogP contribution in [0, 0.1) is 6.92 Å². The number of amides is 1. The first-order chi connectivity index (χ1) is 14.2. The highest BCUT2D eigenvalue weighted by molar-refractivity contribution is 7.99. The van der Waals surface area contributed by atoms with Crippen LogP contribution in [0.1, 0.15) is 5.56 Å². The summed E-state index contributed by atoms with van der Waals surface area (Å²) in [5.74, 6) is 0.0328. The molecule has 1 aromatic carbocycles. The third-order valence-corrected chi connectivity index (χ3v) is 5.57. The Morgan fingerprint density at radius 1 is 1.27 bits per heavy atom. The van der Waals surface area contributed by atoms with Gasteiger partial charge < -0.3 is 20.1 Å². The molecular formula is C19H23N5O5S. The Morgan fingerprint density at radius 2 is 1.97 bits per heavy atom. The number of benzene rings is 1. The van der Waals surface area contributed by atoms with Crippen molar-refractivity contribution in [1.29, 1.82) is 0 Å². The fraction of sp³-hybridized carbons (Fsp3) is 0.368. The van der Waals surface area contributed by atoms with E-state index in [4.69, 9.17) is 10.5 Å². The Hall–Kier alpha value is -3.05. The van der Waals surface area contributed by atoms with Crippen LogP contribution in [0.5, 0.6) is 5.75 Å². The minimum Gasteiger partial charge on any atom is -0.491 e. The van der Waals surface area contributed by atoms with E-state index in [2.05, 4.69) is 4.98 Å². The number of primary amides is 1. The zero-order chi connectivity index (χ0) is 22.0. The van der Waals surface area contributed by atoms with E-state index in [-0.39, 0.29) is 30.1 Å². The van der Waals surface area contributed by atoms with Crippen LogP contribution >= 0.6 is 11.8 Å². The Morgan fingerprint density at radius 3 is 2.63 bits per heavy atom. The van der Waals surface area contributed by atoms with Crippen molar-refractivity contribution in [3.8, 4) is 5.75 Å². The maximum absolute atomic E-state index is 12.8. The number of hydrogen-bond acceptors (Lipinski definition) is 7. The standard InChI is InChI=1S/C19H23N5O5S/c1-11-6-4-5-7-13(11)29-9-12(25)8-24-15-16(21-18(24)30-10-14(20)26)22(2)19(28)23(3)17(15)27/h4-7,12,25H,8-10H2,1-3H3,(H2,20,26)/t12-/m0/s1. The predicted octanol–water partition coefficient (Wildman–Crippen LogP) is -0.241. The molecule has 2 heterocycles. The van der Waals surface area contributed by atoms with Crippen molar-refractivity contribution in [3.63, 3.8) is 0 Å². The van der Waals surface area contributed by atoms with Gasteiger partial charge in [-0.15, -0.1) is 0 Å². The third-order valence-electron chi connectivity index (χ3n) is 4.57. The Balaban J connectivity index is 1.96. The van der Waals surface area contributed by atoms with Crippen LogP contribution in [-0.4, -0.2) is 48.2 Å². The van der Waals surface area contributed by atoms with Gasteiger partial charge in [0.25, 0.3) is 5.56 Å². The minimum atomic E-state index is -0.975. The maximum atomic E-state index is 12.8. The van der Waals surface area contributed by atoms with Gasteiger partial charge in [-0.05, 0) is 18.6 Å². The van der Waals surface area contributed by atoms with Gasteiger partial charge in [-0.25, -0.2) is 9.78 Å². The van der Waals surface area contributed by atoms with E-state index in [0.717, 1.165) is 21.9 Å². The zero-order valence-electron chi connectivity index (χ0n) is 16.9. The molecule has 1 atom stereocenters. The highest BCUT2D eigenvalue weighted by Crippen LogP contribution is 2.22. The van der Waals surface area contributed by atoms with Crippen molar-refractivity contribution < 1.29 is 14.6 Å². The number of ether oxygens (including phenoxy) is 1. The summed E-state index contributed by atoms with van der Waals surface area (Å²) in [6.45, 7) is 1.86. The van der Waals surface area contributed by atoms with Crippen molar-refractivity contribution in [1.82, 2.24) is 18.7 Å². The van der Waals surface area contributed by atoms with Crippen molar-refractivity contribution in [2.75, 3.05) is 12.4 Å². The lowest BCUT2D eigenvalue weighted by Gasteiger charge is -2.16. The average Bonchev–Trinajstić information content (AvgIpc) is 3.06. The minimum absolute atomic E-state index is 0.0169. The summed E-state index contributed by atoms with van der Waals surface area (Å²) < 4.78 is 9.41. The van der Waals surface area contributed by atoms with Gasteiger partial charge in [-0.1, -0.05) is 30.0 Å². The number of aromatic nitrogens is 4. The quantitative estimate of drug-likeness (QED) is 0.468. The average molecular weight is 433 g/mol. The molecule has 3 rings (SSSR count). The van der Waals surface area contributed by atoms with Crippen molar-refractivity contribution in [2.24, 2.45) is 19.8 Å². The van der Waals surface area contributed by atoms with E-state index in [1.54, 1.807) is 6.07 Å². The Labute approximate surface area is 175 Å². The first-order valence-corrected chi connectivity index (χ1v) is 10.1. The summed E-state index contributed by atoms with van der Waals surface area (Å²) in [5, 5.41) is 10.9. The summed E-state index contributed by atoms with van der Waals surface area (Å²) in [7, 11) is 2.87. The number of nitrogens with zero attached hydrogens (tertiary/aromatic N) is 4. The van der Waals surface area contributed by atoms with Gasteiger partial charge in [0.05, 0.1) is 12.3 Å². The van der Waals surface area contributed by atoms with Gasteiger partial charge in [0, 0.05) is 14.1 Å². The second kappa shape index (κ2) is 8.76. The number of hydrogen-bond donors (Lipinski definition) is 2. The highest BCUT2D eigenvalue weighted by Gasteiger charge is 2.22. The van der Waals surface area contributed by atoms with Crippen LogP contribution in [-0.2, 0) is 25.4 Å². The van der Waals surface area contributed by atoms with E-state index < -0.39 is 23.3 Å². The smallest absolute Gasteiger partial charge is 0.332 e. The van der Waals surface area contributed by atoms with E-state index in [1.165, 1.54) is 23.2 Å². The molecule has 3 N–H and O–H groups in total. The lowest BCUT2D eigenvalue weighted by molar-refractivity contribution is -0.115.